The number of benzene rings is 1. The molecule has 1 saturated heterocycles. The number of carbonyl (C=O) groups excluding carboxylic acids is 2. The van der Waals surface area contributed by atoms with Crippen LogP contribution in [0.5, 0.6) is 0 Å². The number of aliphatic carboxylic acids is 1. The Morgan fingerprint density at radius 3 is 2.52 bits per heavy atom. The number of nitrogens with zero attached hydrogens (tertiary/aromatic N) is 2. The lowest BCUT2D eigenvalue weighted by Gasteiger charge is -2.21. The molecule has 1 aliphatic heterocycles. The summed E-state index contributed by atoms with van der Waals surface area (Å²) in [4.78, 5) is 39.3. The van der Waals surface area contributed by atoms with Gasteiger partial charge in [-0.3, -0.25) is 9.59 Å². The van der Waals surface area contributed by atoms with Crippen LogP contribution >= 0.6 is 0 Å². The van der Waals surface area contributed by atoms with Crippen molar-refractivity contribution in [2.24, 2.45) is 5.41 Å². The van der Waals surface area contributed by atoms with E-state index in [1.165, 1.54) is 4.90 Å². The number of likely N-dealkylation sites (tertiary alicyclic amines) is 1. The maximum atomic E-state index is 12.4. The van der Waals surface area contributed by atoms with E-state index < -0.39 is 11.4 Å². The van der Waals surface area contributed by atoms with E-state index in [2.05, 4.69) is 5.32 Å². The van der Waals surface area contributed by atoms with E-state index in [1.807, 2.05) is 13.8 Å². The van der Waals surface area contributed by atoms with Gasteiger partial charge in [0.15, 0.2) is 0 Å². The van der Waals surface area contributed by atoms with E-state index >= 15 is 0 Å². The minimum Gasteiger partial charge on any atom is -0.481 e. The summed E-state index contributed by atoms with van der Waals surface area (Å²) in [6.07, 6.45) is 0.427. The van der Waals surface area contributed by atoms with Gasteiger partial charge >= 0.3 is 12.0 Å². The summed E-state index contributed by atoms with van der Waals surface area (Å²) < 4.78 is 0. The molecule has 0 aromatic heterocycles. The third-order valence-corrected chi connectivity index (χ3v) is 4.69. The van der Waals surface area contributed by atoms with Gasteiger partial charge in [0.25, 0.3) is 5.91 Å². The van der Waals surface area contributed by atoms with Crippen LogP contribution in [-0.4, -0.2) is 59.0 Å². The zero-order chi connectivity index (χ0) is 18.6. The smallest absolute Gasteiger partial charge is 0.321 e. The normalized spacial score (nSPS) is 19.6. The number of carbonyl (C=O) groups is 3. The molecule has 0 aliphatic carbocycles. The van der Waals surface area contributed by atoms with Crippen molar-refractivity contribution in [1.29, 1.82) is 0 Å². The van der Waals surface area contributed by atoms with Crippen LogP contribution in [0, 0.1) is 5.41 Å². The molecule has 3 amide bonds. The Bertz CT molecular complexity index is 672. The summed E-state index contributed by atoms with van der Waals surface area (Å²) in [5.74, 6) is -0.977. The standard InChI is InChI=1S/C18H25N3O4/c1-4-20(5-2)15(22)13-7-6-8-14(11-13)19-17(25)21-10-9-18(3,12-21)16(23)24/h6-8,11H,4-5,9-10,12H2,1-3H3,(H,19,25)(H,23,24). The molecular weight excluding hydrogens is 322 g/mol. The van der Waals surface area contributed by atoms with Crippen molar-refractivity contribution < 1.29 is 19.5 Å². The number of carboxylic acid groups (broad SMARTS) is 1. The zero-order valence-electron chi connectivity index (χ0n) is 14.9. The second kappa shape index (κ2) is 7.55. The first-order valence-electron chi connectivity index (χ1n) is 8.49. The molecule has 1 fully saturated rings. The van der Waals surface area contributed by atoms with Gasteiger partial charge in [-0.2, -0.15) is 0 Å². The van der Waals surface area contributed by atoms with Crippen LogP contribution in [0.1, 0.15) is 37.6 Å². The van der Waals surface area contributed by atoms with Gasteiger partial charge in [-0.15, -0.1) is 0 Å². The second-order valence-corrected chi connectivity index (χ2v) is 6.53. The third kappa shape index (κ3) is 4.10. The van der Waals surface area contributed by atoms with Crippen molar-refractivity contribution in [3.8, 4) is 0 Å². The van der Waals surface area contributed by atoms with E-state index in [0.29, 0.717) is 37.3 Å². The van der Waals surface area contributed by atoms with E-state index in [-0.39, 0.29) is 18.5 Å². The Hall–Kier alpha value is -2.57. The fraction of sp³-hybridized carbons (Fsp3) is 0.500. The highest BCUT2D eigenvalue weighted by Gasteiger charge is 2.42. The summed E-state index contributed by atoms with van der Waals surface area (Å²) in [6.45, 7) is 7.28. The van der Waals surface area contributed by atoms with E-state index in [0.717, 1.165) is 0 Å². The Kier molecular flexibility index (Phi) is 5.66. The summed E-state index contributed by atoms with van der Waals surface area (Å²) in [7, 11) is 0. The molecule has 0 spiro atoms. The molecule has 1 aromatic carbocycles. The third-order valence-electron chi connectivity index (χ3n) is 4.69. The van der Waals surface area contributed by atoms with Gasteiger partial charge in [0.1, 0.15) is 0 Å². The van der Waals surface area contributed by atoms with E-state index in [4.69, 9.17) is 0 Å². The summed E-state index contributed by atoms with van der Waals surface area (Å²) in [5, 5.41) is 12.0. The number of nitrogens with one attached hydrogen (secondary N) is 1. The van der Waals surface area contributed by atoms with Crippen LogP contribution in [0.3, 0.4) is 0 Å². The van der Waals surface area contributed by atoms with Crippen LogP contribution in [0.4, 0.5) is 10.5 Å². The molecule has 1 aliphatic rings. The van der Waals surface area contributed by atoms with Gasteiger partial charge in [0.2, 0.25) is 0 Å². The molecule has 136 valence electrons. The number of hydrogen-bond acceptors (Lipinski definition) is 3. The quantitative estimate of drug-likeness (QED) is 0.856. The molecule has 0 bridgehead atoms. The fourth-order valence-electron chi connectivity index (χ4n) is 2.93. The lowest BCUT2D eigenvalue weighted by atomic mass is 9.90. The minimum absolute atomic E-state index is 0.0827. The number of amides is 3. The molecular formula is C18H25N3O4. The first-order chi connectivity index (χ1) is 11.8. The van der Waals surface area contributed by atoms with Crippen LogP contribution in [-0.2, 0) is 4.79 Å². The molecule has 7 heteroatoms. The number of anilines is 1. The molecule has 7 nitrogen and oxygen atoms in total. The highest BCUT2D eigenvalue weighted by molar-refractivity contribution is 5.97. The van der Waals surface area contributed by atoms with E-state index in [9.17, 15) is 19.5 Å². The highest BCUT2D eigenvalue weighted by atomic mass is 16.4. The van der Waals surface area contributed by atoms with Gasteiger partial charge in [-0.05, 0) is 45.4 Å². The Labute approximate surface area is 147 Å². The molecule has 25 heavy (non-hydrogen) atoms. The van der Waals surface area contributed by atoms with Crippen molar-refractivity contribution in [2.75, 3.05) is 31.5 Å². The summed E-state index contributed by atoms with van der Waals surface area (Å²) >= 11 is 0. The minimum atomic E-state index is -0.905. The molecule has 0 radical (unpaired) electrons. The average Bonchev–Trinajstić information content (AvgIpc) is 3.00. The molecule has 1 atom stereocenters. The second-order valence-electron chi connectivity index (χ2n) is 6.53. The zero-order valence-corrected chi connectivity index (χ0v) is 14.9. The highest BCUT2D eigenvalue weighted by Crippen LogP contribution is 2.30. The van der Waals surface area contributed by atoms with Crippen LogP contribution in [0.25, 0.3) is 0 Å². The first-order valence-corrected chi connectivity index (χ1v) is 8.49. The van der Waals surface area contributed by atoms with Crippen molar-refractivity contribution in [2.45, 2.75) is 27.2 Å². The van der Waals surface area contributed by atoms with Crippen LogP contribution in [0.2, 0.25) is 0 Å². The molecule has 0 saturated carbocycles. The van der Waals surface area contributed by atoms with Gasteiger partial charge < -0.3 is 20.2 Å². The SMILES string of the molecule is CCN(CC)C(=O)c1cccc(NC(=O)N2CCC(C)(C(=O)O)C2)c1. The maximum Gasteiger partial charge on any atom is 0.321 e. The largest absolute Gasteiger partial charge is 0.481 e. The fourth-order valence-corrected chi connectivity index (χ4v) is 2.93. The first kappa shape index (κ1) is 18.8. The van der Waals surface area contributed by atoms with Gasteiger partial charge in [0, 0.05) is 37.4 Å². The lowest BCUT2D eigenvalue weighted by molar-refractivity contribution is -0.146. The monoisotopic (exact) mass is 347 g/mol. The van der Waals surface area contributed by atoms with Crippen LogP contribution < -0.4 is 5.32 Å². The number of carboxylic acids is 1. The predicted octanol–water partition coefficient (Wildman–Crippen LogP) is 2.50. The maximum absolute atomic E-state index is 12.4. The van der Waals surface area contributed by atoms with Crippen molar-refractivity contribution in [3.63, 3.8) is 0 Å². The molecule has 1 heterocycles. The number of urea groups is 1. The lowest BCUT2D eigenvalue weighted by Crippen LogP contribution is -2.37. The number of rotatable bonds is 5. The van der Waals surface area contributed by atoms with Gasteiger partial charge in [0.05, 0.1) is 5.41 Å². The molecule has 2 N–H and O–H groups in total. The topological polar surface area (TPSA) is 90.0 Å². The van der Waals surface area contributed by atoms with E-state index in [1.54, 1.807) is 36.1 Å². The number of hydrogen-bond donors (Lipinski definition) is 2. The van der Waals surface area contributed by atoms with Crippen LogP contribution in [0.15, 0.2) is 24.3 Å². The molecule has 2 rings (SSSR count). The van der Waals surface area contributed by atoms with Crippen molar-refractivity contribution in [1.82, 2.24) is 9.80 Å². The molecule has 1 aromatic rings. The van der Waals surface area contributed by atoms with Crippen molar-refractivity contribution >= 4 is 23.6 Å². The average molecular weight is 347 g/mol. The summed E-state index contributed by atoms with van der Waals surface area (Å²) in [6, 6.07) is 6.44. The Balaban J connectivity index is 2.06. The molecule has 1 unspecified atom stereocenters. The van der Waals surface area contributed by atoms with Crippen molar-refractivity contribution in [3.05, 3.63) is 29.8 Å². The van der Waals surface area contributed by atoms with Gasteiger partial charge in [-0.25, -0.2) is 4.79 Å². The summed E-state index contributed by atoms with van der Waals surface area (Å²) in [5.41, 5.74) is 0.128. The van der Waals surface area contributed by atoms with Gasteiger partial charge in [-0.1, -0.05) is 6.07 Å². The predicted molar refractivity (Wildman–Crippen MR) is 94.6 cm³/mol. The Morgan fingerprint density at radius 2 is 1.96 bits per heavy atom. The Morgan fingerprint density at radius 1 is 1.28 bits per heavy atom.